The molecule has 1 aliphatic heterocycles. The van der Waals surface area contributed by atoms with Gasteiger partial charge >= 0.3 is 0 Å². The van der Waals surface area contributed by atoms with Gasteiger partial charge in [0.15, 0.2) is 5.60 Å². The van der Waals surface area contributed by atoms with Crippen LogP contribution < -0.4 is 4.90 Å². The summed E-state index contributed by atoms with van der Waals surface area (Å²) in [6.07, 6.45) is 1.85. The fraction of sp³-hybridized carbons (Fsp3) is 0.167. The first-order valence-electron chi connectivity index (χ1n) is 7.19. The van der Waals surface area contributed by atoms with Crippen molar-refractivity contribution in [2.45, 2.75) is 5.60 Å². The van der Waals surface area contributed by atoms with E-state index in [1.807, 2.05) is 66.3 Å². The summed E-state index contributed by atoms with van der Waals surface area (Å²) in [4.78, 5) is 14.3. The normalized spacial score (nSPS) is 20.7. The lowest BCUT2D eigenvalue weighted by Crippen LogP contribution is -2.39. The molecule has 2 aromatic carbocycles. The first kappa shape index (κ1) is 13.1. The minimum Gasteiger partial charge on any atom is -0.372 e. The molecule has 1 aromatic heterocycles. The van der Waals surface area contributed by atoms with E-state index in [9.17, 15) is 9.90 Å². The van der Waals surface area contributed by atoms with Gasteiger partial charge in [-0.15, -0.1) is 0 Å². The predicted molar refractivity (Wildman–Crippen MR) is 85.8 cm³/mol. The second-order valence-corrected chi connectivity index (χ2v) is 5.76. The number of carbonyl (C=O) groups excluding carboxylic acids is 1. The van der Waals surface area contributed by atoms with Crippen molar-refractivity contribution < 1.29 is 9.90 Å². The summed E-state index contributed by atoms with van der Waals surface area (Å²) >= 11 is 0. The van der Waals surface area contributed by atoms with Gasteiger partial charge < -0.3 is 14.6 Å². The van der Waals surface area contributed by atoms with Gasteiger partial charge in [0.25, 0.3) is 5.91 Å². The van der Waals surface area contributed by atoms with Crippen LogP contribution in [-0.2, 0) is 17.4 Å². The Bertz CT molecular complexity index is 912. The summed E-state index contributed by atoms with van der Waals surface area (Å²) in [5.41, 5.74) is 1.38. The molecule has 0 aliphatic carbocycles. The quantitative estimate of drug-likeness (QED) is 0.748. The molecule has 0 saturated carbocycles. The van der Waals surface area contributed by atoms with Crippen molar-refractivity contribution in [1.82, 2.24) is 4.57 Å². The maximum Gasteiger partial charge on any atom is 0.268 e. The lowest BCUT2D eigenvalue weighted by molar-refractivity contribution is -0.131. The number of carbonyl (C=O) groups is 1. The van der Waals surface area contributed by atoms with Crippen LogP contribution in [0.15, 0.2) is 54.7 Å². The molecule has 1 N–H and O–H groups in total. The van der Waals surface area contributed by atoms with Crippen LogP contribution in [0.4, 0.5) is 5.69 Å². The average Bonchev–Trinajstić information content (AvgIpc) is 2.99. The molecule has 3 aromatic rings. The van der Waals surface area contributed by atoms with E-state index in [1.54, 1.807) is 7.05 Å². The number of hydrogen-bond donors (Lipinski definition) is 1. The Morgan fingerprint density at radius 3 is 2.45 bits per heavy atom. The van der Waals surface area contributed by atoms with Crippen molar-refractivity contribution in [3.63, 3.8) is 0 Å². The number of aryl methyl sites for hydroxylation is 1. The van der Waals surface area contributed by atoms with Crippen LogP contribution in [-0.4, -0.2) is 22.6 Å². The largest absolute Gasteiger partial charge is 0.372 e. The second-order valence-electron chi connectivity index (χ2n) is 5.76. The van der Waals surface area contributed by atoms with E-state index < -0.39 is 5.60 Å². The first-order chi connectivity index (χ1) is 10.5. The van der Waals surface area contributed by atoms with Crippen LogP contribution in [0.1, 0.15) is 11.1 Å². The fourth-order valence-electron chi connectivity index (χ4n) is 3.43. The number of fused-ring (bicyclic) bond motifs is 2. The number of amides is 1. The van der Waals surface area contributed by atoms with Gasteiger partial charge in [0, 0.05) is 42.3 Å². The predicted octanol–water partition coefficient (Wildman–Crippen LogP) is 2.39. The molecule has 0 saturated heterocycles. The monoisotopic (exact) mass is 292 g/mol. The van der Waals surface area contributed by atoms with Crippen LogP contribution >= 0.6 is 0 Å². The van der Waals surface area contributed by atoms with E-state index in [0.29, 0.717) is 11.1 Å². The molecular weight excluding hydrogens is 276 g/mol. The van der Waals surface area contributed by atoms with Crippen LogP contribution in [0.5, 0.6) is 0 Å². The van der Waals surface area contributed by atoms with Crippen molar-refractivity contribution in [1.29, 1.82) is 0 Å². The summed E-state index contributed by atoms with van der Waals surface area (Å²) in [6.45, 7) is 0. The molecule has 2 heterocycles. The smallest absolute Gasteiger partial charge is 0.268 e. The molecular formula is C18H16N2O2. The highest BCUT2D eigenvalue weighted by molar-refractivity contribution is 6.10. The minimum atomic E-state index is -1.63. The topological polar surface area (TPSA) is 45.5 Å². The van der Waals surface area contributed by atoms with Gasteiger partial charge in [-0.3, -0.25) is 4.79 Å². The van der Waals surface area contributed by atoms with Gasteiger partial charge in [0.2, 0.25) is 0 Å². The number of aromatic nitrogens is 1. The maximum absolute atomic E-state index is 12.8. The van der Waals surface area contributed by atoms with Crippen LogP contribution in [0, 0.1) is 0 Å². The molecule has 4 heteroatoms. The lowest BCUT2D eigenvalue weighted by Gasteiger charge is -2.21. The van der Waals surface area contributed by atoms with Crippen molar-refractivity contribution in [3.05, 3.63) is 65.9 Å². The molecule has 4 nitrogen and oxygen atoms in total. The van der Waals surface area contributed by atoms with Crippen LogP contribution in [0.3, 0.4) is 0 Å². The molecule has 0 bridgehead atoms. The van der Waals surface area contributed by atoms with Crippen LogP contribution in [0.2, 0.25) is 0 Å². The van der Waals surface area contributed by atoms with E-state index >= 15 is 0 Å². The number of nitrogens with zero attached hydrogens (tertiary/aromatic N) is 2. The van der Waals surface area contributed by atoms with Gasteiger partial charge in [0.05, 0.1) is 5.69 Å². The van der Waals surface area contributed by atoms with Crippen molar-refractivity contribution in [2.24, 2.45) is 7.05 Å². The average molecular weight is 292 g/mol. The molecule has 1 aliphatic rings. The SMILES string of the molecule is CN1C(=O)[C@@](O)(c2cn(C)c3ccccc23)c2ccccc21. The second kappa shape index (κ2) is 4.21. The zero-order valence-electron chi connectivity index (χ0n) is 12.4. The van der Waals surface area contributed by atoms with E-state index in [1.165, 1.54) is 4.90 Å². The number of hydrogen-bond acceptors (Lipinski definition) is 2. The van der Waals surface area contributed by atoms with Gasteiger partial charge in [-0.05, 0) is 12.1 Å². The highest BCUT2D eigenvalue weighted by Gasteiger charge is 2.50. The zero-order chi connectivity index (χ0) is 15.5. The maximum atomic E-state index is 12.8. The molecule has 4 rings (SSSR count). The Morgan fingerprint density at radius 2 is 1.64 bits per heavy atom. The van der Waals surface area contributed by atoms with Gasteiger partial charge in [-0.2, -0.15) is 0 Å². The molecule has 22 heavy (non-hydrogen) atoms. The Balaban J connectivity index is 2.08. The molecule has 1 amide bonds. The zero-order valence-corrected chi connectivity index (χ0v) is 12.4. The number of anilines is 1. The number of aliphatic hydroxyl groups is 1. The van der Waals surface area contributed by atoms with Gasteiger partial charge in [-0.25, -0.2) is 0 Å². The third kappa shape index (κ3) is 1.42. The van der Waals surface area contributed by atoms with E-state index in [4.69, 9.17) is 0 Å². The Hall–Kier alpha value is -2.59. The van der Waals surface area contributed by atoms with E-state index in [0.717, 1.165) is 16.6 Å². The molecule has 110 valence electrons. The third-order valence-corrected chi connectivity index (χ3v) is 4.56. The van der Waals surface area contributed by atoms with E-state index in [2.05, 4.69) is 0 Å². The summed E-state index contributed by atoms with van der Waals surface area (Å²) in [5.74, 6) is -0.315. The summed E-state index contributed by atoms with van der Waals surface area (Å²) < 4.78 is 1.94. The number of benzene rings is 2. The standard InChI is InChI=1S/C18H16N2O2/c1-19-11-14(12-7-3-5-9-15(12)19)18(22)13-8-4-6-10-16(13)20(2)17(18)21/h3-11,22H,1-2H3/t18-/m0/s1. The Kier molecular flexibility index (Phi) is 2.51. The number of rotatable bonds is 1. The lowest BCUT2D eigenvalue weighted by atomic mass is 9.87. The molecule has 0 radical (unpaired) electrons. The van der Waals surface area contributed by atoms with Gasteiger partial charge in [0.1, 0.15) is 0 Å². The number of para-hydroxylation sites is 2. The van der Waals surface area contributed by atoms with E-state index in [-0.39, 0.29) is 5.91 Å². The molecule has 0 fully saturated rings. The highest BCUT2D eigenvalue weighted by atomic mass is 16.3. The van der Waals surface area contributed by atoms with Crippen molar-refractivity contribution >= 4 is 22.5 Å². The molecule has 0 spiro atoms. The Morgan fingerprint density at radius 1 is 0.955 bits per heavy atom. The minimum absolute atomic E-state index is 0.315. The molecule has 0 unspecified atom stereocenters. The molecule has 1 atom stereocenters. The first-order valence-corrected chi connectivity index (χ1v) is 7.19. The Labute approximate surface area is 128 Å². The van der Waals surface area contributed by atoms with Crippen molar-refractivity contribution in [3.8, 4) is 0 Å². The summed E-state index contributed by atoms with van der Waals surface area (Å²) in [5, 5.41) is 12.3. The fourth-order valence-corrected chi connectivity index (χ4v) is 3.43. The highest BCUT2D eigenvalue weighted by Crippen LogP contribution is 2.45. The van der Waals surface area contributed by atoms with Crippen LogP contribution in [0.25, 0.3) is 10.9 Å². The summed E-state index contributed by atoms with van der Waals surface area (Å²) in [7, 11) is 3.62. The third-order valence-electron chi connectivity index (χ3n) is 4.56. The summed E-state index contributed by atoms with van der Waals surface area (Å²) in [6, 6.07) is 15.2. The van der Waals surface area contributed by atoms with Crippen molar-refractivity contribution in [2.75, 3.05) is 11.9 Å². The number of likely N-dealkylation sites (N-methyl/N-ethyl adjacent to an activating group) is 1. The van der Waals surface area contributed by atoms with Gasteiger partial charge in [-0.1, -0.05) is 36.4 Å².